The van der Waals surface area contributed by atoms with Crippen molar-refractivity contribution in [2.75, 3.05) is 4.90 Å². The number of hydrogen-bond donors (Lipinski definition) is 0. The van der Waals surface area contributed by atoms with Crippen molar-refractivity contribution in [1.82, 2.24) is 4.57 Å². The Morgan fingerprint density at radius 3 is 1.68 bits per heavy atom. The molecular weight excluding hydrogens is 819 g/mol. The lowest BCUT2D eigenvalue weighted by Crippen LogP contribution is -2.18. The smallest absolute Gasteiger partial charge is 0.0944 e. The van der Waals surface area contributed by atoms with Crippen molar-refractivity contribution in [1.29, 1.82) is 5.26 Å². The van der Waals surface area contributed by atoms with Crippen LogP contribution in [0.25, 0.3) is 51.1 Å². The van der Waals surface area contributed by atoms with Crippen LogP contribution >= 0.6 is 11.3 Å². The van der Waals surface area contributed by atoms with Gasteiger partial charge in [-0.15, -0.1) is 11.3 Å². The number of rotatable bonds is 14. The molecule has 5 aromatic carbocycles. The van der Waals surface area contributed by atoms with E-state index in [2.05, 4.69) is 211 Å². The Hall–Kier alpha value is -6.15. The van der Waals surface area contributed by atoms with Gasteiger partial charge >= 0.3 is 0 Å². The second kappa shape index (κ2) is 17.9. The van der Waals surface area contributed by atoms with Gasteiger partial charge in [-0.05, 0) is 159 Å². The summed E-state index contributed by atoms with van der Waals surface area (Å²) in [6.07, 6.45) is 11.3. The molecule has 0 N–H and O–H groups in total. The van der Waals surface area contributed by atoms with E-state index in [0.717, 1.165) is 34.7 Å². The quantitative estimate of drug-likeness (QED) is 0.0805. The number of benzene rings is 5. The topological polar surface area (TPSA) is 32.0 Å². The SMILES string of the molecule is CCCCCCn1c(/C=C/c2ccc(N(c3ccc4c(c3)C(C)(C)c3cc(C(C)C)ccc3-4)c3ccc4c(c3)C(C)(C)c3cc(C(C)C)ccc3-4)cc2)ccc1-c1ccc(/C=C(/C)C#N)s1. The number of aromatic nitrogens is 1. The second-order valence-electron chi connectivity index (χ2n) is 20.4. The highest BCUT2D eigenvalue weighted by atomic mass is 32.1. The molecule has 334 valence electrons. The first kappa shape index (κ1) is 45.0. The van der Waals surface area contributed by atoms with Crippen LogP contribution in [-0.2, 0) is 17.4 Å². The molecule has 7 aromatic rings. The number of nitrogens with zero attached hydrogens (tertiary/aromatic N) is 3. The lowest BCUT2D eigenvalue weighted by atomic mass is 9.81. The number of allylic oxidation sites excluding steroid dienone is 1. The normalized spacial score (nSPS) is 14.4. The Kier molecular flexibility index (Phi) is 12.2. The molecular formula is C62H65N3S. The average molecular weight is 884 g/mol. The molecule has 0 radical (unpaired) electrons. The summed E-state index contributed by atoms with van der Waals surface area (Å²) in [6, 6.07) is 48.8. The molecule has 4 heteroatoms. The first-order chi connectivity index (χ1) is 31.7. The fraction of sp³-hybridized carbons (Fsp3) is 0.306. The summed E-state index contributed by atoms with van der Waals surface area (Å²) in [5, 5.41) is 9.37. The van der Waals surface area contributed by atoms with Crippen LogP contribution in [0.3, 0.4) is 0 Å². The zero-order chi connectivity index (χ0) is 46.5. The highest BCUT2D eigenvalue weighted by molar-refractivity contribution is 7.16. The molecule has 0 saturated heterocycles. The van der Waals surface area contributed by atoms with E-state index >= 15 is 0 Å². The molecule has 0 unspecified atom stereocenters. The van der Waals surface area contributed by atoms with E-state index in [9.17, 15) is 5.26 Å². The summed E-state index contributed by atoms with van der Waals surface area (Å²) in [5.74, 6) is 0.959. The molecule has 0 amide bonds. The third-order valence-electron chi connectivity index (χ3n) is 14.5. The number of nitriles is 1. The molecule has 2 aliphatic rings. The minimum Gasteiger partial charge on any atom is -0.340 e. The van der Waals surface area contributed by atoms with E-state index in [1.54, 1.807) is 11.3 Å². The third kappa shape index (κ3) is 8.22. The van der Waals surface area contributed by atoms with Crippen LogP contribution in [-0.4, -0.2) is 4.57 Å². The van der Waals surface area contributed by atoms with Crippen molar-refractivity contribution < 1.29 is 0 Å². The van der Waals surface area contributed by atoms with E-state index in [1.165, 1.54) is 103 Å². The van der Waals surface area contributed by atoms with E-state index < -0.39 is 0 Å². The maximum Gasteiger partial charge on any atom is 0.0944 e. The van der Waals surface area contributed by atoms with E-state index in [-0.39, 0.29) is 10.8 Å². The van der Waals surface area contributed by atoms with Gasteiger partial charge in [0.2, 0.25) is 0 Å². The third-order valence-corrected chi connectivity index (χ3v) is 15.5. The summed E-state index contributed by atoms with van der Waals surface area (Å²) < 4.78 is 2.48. The summed E-state index contributed by atoms with van der Waals surface area (Å²) >= 11 is 1.75. The molecule has 0 bridgehead atoms. The van der Waals surface area contributed by atoms with E-state index in [0.29, 0.717) is 11.8 Å². The van der Waals surface area contributed by atoms with Crippen LogP contribution < -0.4 is 4.90 Å². The van der Waals surface area contributed by atoms with Gasteiger partial charge in [-0.2, -0.15) is 5.26 Å². The first-order valence-corrected chi connectivity index (χ1v) is 25.1. The summed E-state index contributed by atoms with van der Waals surface area (Å²) in [7, 11) is 0. The minimum absolute atomic E-state index is 0.131. The Bertz CT molecular complexity index is 2920. The van der Waals surface area contributed by atoms with Crippen molar-refractivity contribution in [2.24, 2.45) is 0 Å². The maximum atomic E-state index is 9.37. The second-order valence-corrected chi connectivity index (χ2v) is 21.5. The van der Waals surface area contributed by atoms with Gasteiger partial charge in [0.05, 0.1) is 16.6 Å². The molecule has 0 saturated carbocycles. The van der Waals surface area contributed by atoms with Crippen molar-refractivity contribution in [3.63, 3.8) is 0 Å². The summed E-state index contributed by atoms with van der Waals surface area (Å²) in [5.41, 5.74) is 21.3. The Balaban J connectivity index is 1.09. The molecule has 2 heterocycles. The van der Waals surface area contributed by atoms with Crippen LogP contribution in [0.4, 0.5) is 17.1 Å². The maximum absolute atomic E-state index is 9.37. The molecule has 0 fully saturated rings. The minimum atomic E-state index is -0.131. The Labute approximate surface area is 398 Å². The lowest BCUT2D eigenvalue weighted by Gasteiger charge is -2.30. The van der Waals surface area contributed by atoms with Gasteiger partial charge in [-0.25, -0.2) is 0 Å². The van der Waals surface area contributed by atoms with Crippen molar-refractivity contribution in [3.8, 4) is 38.9 Å². The number of unbranched alkanes of at least 4 members (excludes halogenated alkanes) is 3. The Morgan fingerprint density at radius 2 is 1.15 bits per heavy atom. The molecule has 2 aliphatic carbocycles. The number of fused-ring (bicyclic) bond motifs is 6. The molecule has 9 rings (SSSR count). The van der Waals surface area contributed by atoms with Gasteiger partial charge in [0.1, 0.15) is 0 Å². The van der Waals surface area contributed by atoms with Crippen molar-refractivity contribution in [2.45, 2.75) is 124 Å². The zero-order valence-corrected chi connectivity index (χ0v) is 41.5. The van der Waals surface area contributed by atoms with E-state index in [1.807, 2.05) is 13.0 Å². The predicted molar refractivity (Wildman–Crippen MR) is 285 cm³/mol. The van der Waals surface area contributed by atoms with Gasteiger partial charge < -0.3 is 9.47 Å². The number of anilines is 3. The van der Waals surface area contributed by atoms with Crippen molar-refractivity contribution in [3.05, 3.63) is 176 Å². The highest BCUT2D eigenvalue weighted by Crippen LogP contribution is 2.54. The van der Waals surface area contributed by atoms with Gasteiger partial charge in [-0.1, -0.05) is 148 Å². The zero-order valence-electron chi connectivity index (χ0n) is 40.7. The fourth-order valence-corrected chi connectivity index (χ4v) is 11.5. The van der Waals surface area contributed by atoms with Gasteiger partial charge in [0.15, 0.2) is 0 Å². The standard InChI is InChI=1S/C62H65N3S/c1-11-12-13-14-33-64-46(25-31-59(64)60-32-26-50(66-60)34-42(6)39-63)20-15-43-16-21-47(22-17-43)65(48-23-29-53-51-27-18-44(40(2)3)35-55(51)61(7,8)57(53)37-48)49-24-30-54-52-28-19-45(41(4)5)36-56(52)62(9,10)58(54)38-49/h15-32,34-38,40-41H,11-14,33H2,1-10H3/b20-15+,42-34-. The number of hydrogen-bond acceptors (Lipinski definition) is 3. The molecule has 2 aromatic heterocycles. The van der Waals surface area contributed by atoms with Crippen LogP contribution in [0.2, 0.25) is 0 Å². The molecule has 0 atom stereocenters. The largest absolute Gasteiger partial charge is 0.340 e. The van der Waals surface area contributed by atoms with E-state index in [4.69, 9.17) is 0 Å². The van der Waals surface area contributed by atoms with Gasteiger partial charge in [-0.3, -0.25) is 0 Å². The summed E-state index contributed by atoms with van der Waals surface area (Å²) in [4.78, 5) is 4.81. The van der Waals surface area contributed by atoms with Crippen LogP contribution in [0.1, 0.15) is 156 Å². The Morgan fingerprint density at radius 1 is 0.621 bits per heavy atom. The predicted octanol–water partition coefficient (Wildman–Crippen LogP) is 18.2. The van der Waals surface area contributed by atoms with Crippen LogP contribution in [0.5, 0.6) is 0 Å². The van der Waals surface area contributed by atoms with Gasteiger partial charge in [0.25, 0.3) is 0 Å². The molecule has 0 spiro atoms. The fourth-order valence-electron chi connectivity index (χ4n) is 10.4. The molecule has 66 heavy (non-hydrogen) atoms. The van der Waals surface area contributed by atoms with Crippen LogP contribution in [0, 0.1) is 11.3 Å². The molecule has 0 aliphatic heterocycles. The summed E-state index contributed by atoms with van der Waals surface area (Å²) in [6.45, 7) is 23.9. The van der Waals surface area contributed by atoms with Gasteiger partial charge in [0, 0.05) is 50.6 Å². The van der Waals surface area contributed by atoms with Crippen molar-refractivity contribution >= 4 is 46.6 Å². The lowest BCUT2D eigenvalue weighted by molar-refractivity contribution is 0.585. The highest BCUT2D eigenvalue weighted by Gasteiger charge is 2.38. The first-order valence-electron chi connectivity index (χ1n) is 24.2. The average Bonchev–Trinajstić information content (AvgIpc) is 4.05. The van der Waals surface area contributed by atoms with Crippen LogP contribution in [0.15, 0.2) is 127 Å². The molecule has 3 nitrogen and oxygen atoms in total. The number of thiophene rings is 1. The monoisotopic (exact) mass is 883 g/mol.